The fourth-order valence-electron chi connectivity index (χ4n) is 3.32. The second-order valence-corrected chi connectivity index (χ2v) is 6.85. The van der Waals surface area contributed by atoms with E-state index in [0.29, 0.717) is 40.1 Å². The van der Waals surface area contributed by atoms with E-state index in [-0.39, 0.29) is 17.1 Å². The molecule has 0 N–H and O–H groups in total. The molecule has 1 amide bonds. The molecule has 0 radical (unpaired) electrons. The third kappa shape index (κ3) is 3.91. The SMILES string of the molecule is CCOc1ccc(/C=C2\C(=O)N(c3ccccc3Cl)C(C)=C2C(=O)OC)cc1OC. The number of carbonyl (C=O) groups excluding carboxylic acids is 2. The number of benzene rings is 2. The van der Waals surface area contributed by atoms with Crippen LogP contribution in [-0.4, -0.2) is 32.7 Å². The second kappa shape index (κ2) is 9.05. The Balaban J connectivity index is 2.13. The fourth-order valence-corrected chi connectivity index (χ4v) is 3.54. The van der Waals surface area contributed by atoms with Gasteiger partial charge in [-0.05, 0) is 49.8 Å². The lowest BCUT2D eigenvalue weighted by Gasteiger charge is -2.19. The molecule has 6 nitrogen and oxygen atoms in total. The van der Waals surface area contributed by atoms with Crippen molar-refractivity contribution < 1.29 is 23.8 Å². The molecule has 1 heterocycles. The third-order valence-electron chi connectivity index (χ3n) is 4.68. The van der Waals surface area contributed by atoms with Crippen LogP contribution in [-0.2, 0) is 14.3 Å². The van der Waals surface area contributed by atoms with Crippen molar-refractivity contribution in [3.8, 4) is 11.5 Å². The molecule has 0 bridgehead atoms. The summed E-state index contributed by atoms with van der Waals surface area (Å²) in [6.07, 6.45) is 1.63. The van der Waals surface area contributed by atoms with Crippen LogP contribution < -0.4 is 14.4 Å². The first-order valence-electron chi connectivity index (χ1n) is 9.34. The molecule has 2 aromatic rings. The molecule has 1 aliphatic rings. The number of rotatable bonds is 6. The summed E-state index contributed by atoms with van der Waals surface area (Å²) in [6, 6.07) is 12.3. The van der Waals surface area contributed by atoms with Crippen LogP contribution in [0.5, 0.6) is 11.5 Å². The van der Waals surface area contributed by atoms with Gasteiger partial charge in [0, 0.05) is 5.70 Å². The van der Waals surface area contributed by atoms with E-state index in [4.69, 9.17) is 25.8 Å². The molecule has 0 aromatic heterocycles. The number of carbonyl (C=O) groups is 2. The molecule has 30 heavy (non-hydrogen) atoms. The van der Waals surface area contributed by atoms with Gasteiger partial charge in [-0.15, -0.1) is 0 Å². The number of hydrogen-bond acceptors (Lipinski definition) is 5. The lowest BCUT2D eigenvalue weighted by molar-refractivity contribution is -0.136. The summed E-state index contributed by atoms with van der Waals surface area (Å²) < 4.78 is 15.9. The van der Waals surface area contributed by atoms with E-state index in [1.165, 1.54) is 12.0 Å². The molecule has 0 atom stereocenters. The molecular formula is C23H22ClNO5. The van der Waals surface area contributed by atoms with Crippen LogP contribution in [0.15, 0.2) is 59.3 Å². The number of esters is 1. The maximum absolute atomic E-state index is 13.3. The predicted molar refractivity (Wildman–Crippen MR) is 116 cm³/mol. The number of hydrogen-bond donors (Lipinski definition) is 0. The van der Waals surface area contributed by atoms with Gasteiger partial charge in [0.1, 0.15) is 0 Å². The smallest absolute Gasteiger partial charge is 0.340 e. The Morgan fingerprint density at radius 1 is 1.13 bits per heavy atom. The molecule has 1 aliphatic heterocycles. The molecule has 2 aromatic carbocycles. The molecule has 0 unspecified atom stereocenters. The van der Waals surface area contributed by atoms with Crippen molar-refractivity contribution in [1.29, 1.82) is 0 Å². The Morgan fingerprint density at radius 3 is 2.50 bits per heavy atom. The zero-order valence-electron chi connectivity index (χ0n) is 17.2. The van der Waals surface area contributed by atoms with E-state index in [2.05, 4.69) is 0 Å². The van der Waals surface area contributed by atoms with Crippen LogP contribution in [0.1, 0.15) is 19.4 Å². The summed E-state index contributed by atoms with van der Waals surface area (Å²) in [5.74, 6) is 0.158. The number of para-hydroxylation sites is 1. The molecule has 0 aliphatic carbocycles. The molecule has 7 heteroatoms. The van der Waals surface area contributed by atoms with E-state index in [0.717, 1.165) is 0 Å². The van der Waals surface area contributed by atoms with Gasteiger partial charge in [0.05, 0.1) is 42.7 Å². The highest BCUT2D eigenvalue weighted by molar-refractivity contribution is 6.35. The quantitative estimate of drug-likeness (QED) is 0.497. The fraction of sp³-hybridized carbons (Fsp3) is 0.217. The number of ether oxygens (including phenoxy) is 3. The topological polar surface area (TPSA) is 65.1 Å². The van der Waals surface area contributed by atoms with Crippen molar-refractivity contribution in [3.05, 3.63) is 69.9 Å². The van der Waals surface area contributed by atoms with Gasteiger partial charge >= 0.3 is 5.97 Å². The van der Waals surface area contributed by atoms with E-state index in [1.807, 2.05) is 6.92 Å². The van der Waals surface area contributed by atoms with Gasteiger partial charge in [0.25, 0.3) is 5.91 Å². The molecule has 0 saturated heterocycles. The summed E-state index contributed by atoms with van der Waals surface area (Å²) in [7, 11) is 2.82. The molecule has 156 valence electrons. The van der Waals surface area contributed by atoms with Gasteiger partial charge in [-0.1, -0.05) is 29.8 Å². The first kappa shape index (κ1) is 21.5. The van der Waals surface area contributed by atoms with Crippen molar-refractivity contribution in [2.45, 2.75) is 13.8 Å². The summed E-state index contributed by atoms with van der Waals surface area (Å²) in [5.41, 5.74) is 2.02. The van der Waals surface area contributed by atoms with Gasteiger partial charge in [-0.3, -0.25) is 9.69 Å². The first-order chi connectivity index (χ1) is 14.4. The third-order valence-corrected chi connectivity index (χ3v) is 5.00. The summed E-state index contributed by atoms with van der Waals surface area (Å²) >= 11 is 6.31. The second-order valence-electron chi connectivity index (χ2n) is 6.45. The highest BCUT2D eigenvalue weighted by Gasteiger charge is 2.38. The highest BCUT2D eigenvalue weighted by Crippen LogP contribution is 2.39. The van der Waals surface area contributed by atoms with Gasteiger partial charge in [0.2, 0.25) is 0 Å². The number of halogens is 1. The first-order valence-corrected chi connectivity index (χ1v) is 9.71. The van der Waals surface area contributed by atoms with Gasteiger partial charge in [-0.2, -0.15) is 0 Å². The standard InChI is InChI=1S/C23H22ClNO5/c1-5-30-19-11-10-15(13-20(19)28-3)12-16-21(23(27)29-4)14(2)25(22(16)26)18-9-7-6-8-17(18)24/h6-13H,5H2,1-4H3/b16-12-. The summed E-state index contributed by atoms with van der Waals surface area (Å²) in [5, 5.41) is 0.401. The largest absolute Gasteiger partial charge is 0.493 e. The van der Waals surface area contributed by atoms with Gasteiger partial charge in [-0.25, -0.2) is 4.79 Å². The Labute approximate surface area is 180 Å². The highest BCUT2D eigenvalue weighted by atomic mass is 35.5. The zero-order valence-corrected chi connectivity index (χ0v) is 17.9. The van der Waals surface area contributed by atoms with Crippen LogP contribution in [0.4, 0.5) is 5.69 Å². The molecule has 0 fully saturated rings. The Hall–Kier alpha value is -3.25. The van der Waals surface area contributed by atoms with Crippen LogP contribution >= 0.6 is 11.6 Å². The van der Waals surface area contributed by atoms with Crippen LogP contribution in [0.2, 0.25) is 5.02 Å². The van der Waals surface area contributed by atoms with Crippen molar-refractivity contribution >= 4 is 35.2 Å². The number of nitrogens with zero attached hydrogens (tertiary/aromatic N) is 1. The minimum absolute atomic E-state index is 0.190. The average molecular weight is 428 g/mol. The van der Waals surface area contributed by atoms with E-state index in [9.17, 15) is 9.59 Å². The number of allylic oxidation sites excluding steroid dienone is 1. The van der Waals surface area contributed by atoms with Crippen LogP contribution in [0.25, 0.3) is 6.08 Å². The number of amides is 1. The van der Waals surface area contributed by atoms with Crippen molar-refractivity contribution in [2.75, 3.05) is 25.7 Å². The van der Waals surface area contributed by atoms with Crippen molar-refractivity contribution in [2.24, 2.45) is 0 Å². The van der Waals surface area contributed by atoms with E-state index in [1.54, 1.807) is 62.6 Å². The number of methoxy groups -OCH3 is 2. The summed E-state index contributed by atoms with van der Waals surface area (Å²) in [6.45, 7) is 4.07. The van der Waals surface area contributed by atoms with E-state index < -0.39 is 5.97 Å². The van der Waals surface area contributed by atoms with Crippen molar-refractivity contribution in [3.63, 3.8) is 0 Å². The van der Waals surface area contributed by atoms with Gasteiger partial charge in [0.15, 0.2) is 11.5 Å². The minimum atomic E-state index is -0.598. The van der Waals surface area contributed by atoms with Crippen molar-refractivity contribution in [1.82, 2.24) is 0 Å². The molecule has 0 saturated carbocycles. The van der Waals surface area contributed by atoms with Gasteiger partial charge < -0.3 is 14.2 Å². The van der Waals surface area contributed by atoms with Crippen LogP contribution in [0, 0.1) is 0 Å². The molecule has 0 spiro atoms. The Morgan fingerprint density at radius 2 is 1.87 bits per heavy atom. The number of anilines is 1. The predicted octanol–water partition coefficient (Wildman–Crippen LogP) is 4.62. The summed E-state index contributed by atoms with van der Waals surface area (Å²) in [4.78, 5) is 27.3. The average Bonchev–Trinajstić information content (AvgIpc) is 2.98. The minimum Gasteiger partial charge on any atom is -0.493 e. The monoisotopic (exact) mass is 427 g/mol. The lowest BCUT2D eigenvalue weighted by atomic mass is 10.0. The maximum Gasteiger partial charge on any atom is 0.340 e. The lowest BCUT2D eigenvalue weighted by Crippen LogP contribution is -2.24. The molecular weight excluding hydrogens is 406 g/mol. The molecule has 3 rings (SSSR count). The Bertz CT molecular complexity index is 1060. The zero-order chi connectivity index (χ0) is 21.8. The normalized spacial score (nSPS) is 15.0. The van der Waals surface area contributed by atoms with E-state index >= 15 is 0 Å². The van der Waals surface area contributed by atoms with Crippen LogP contribution in [0.3, 0.4) is 0 Å². The maximum atomic E-state index is 13.3. The Kier molecular flexibility index (Phi) is 6.47.